The molecule has 36 heavy (non-hydrogen) atoms. The van der Waals surface area contributed by atoms with Gasteiger partial charge in [0.1, 0.15) is 5.75 Å². The average molecular weight is 498 g/mol. The van der Waals surface area contributed by atoms with Gasteiger partial charge >= 0.3 is 12.4 Å². The highest BCUT2D eigenvalue weighted by Crippen LogP contribution is 2.43. The Labute approximate surface area is 201 Å². The van der Waals surface area contributed by atoms with Gasteiger partial charge in [-0.1, -0.05) is 36.4 Å². The zero-order valence-electron chi connectivity index (χ0n) is 18.6. The minimum absolute atomic E-state index is 0.118. The highest BCUT2D eigenvalue weighted by molar-refractivity contribution is 6.12. The van der Waals surface area contributed by atoms with E-state index < -0.39 is 29.0 Å². The van der Waals surface area contributed by atoms with Gasteiger partial charge in [0.25, 0.3) is 0 Å². The second-order valence-electron chi connectivity index (χ2n) is 8.08. The highest BCUT2D eigenvalue weighted by atomic mass is 19.4. The van der Waals surface area contributed by atoms with Gasteiger partial charge in [0.05, 0.1) is 41.2 Å². The van der Waals surface area contributed by atoms with Crippen LogP contribution in [0.2, 0.25) is 0 Å². The fourth-order valence-corrected chi connectivity index (χ4v) is 4.18. The number of pyridine rings is 2. The zero-order chi connectivity index (χ0) is 25.7. The van der Waals surface area contributed by atoms with Gasteiger partial charge in [-0.15, -0.1) is 0 Å². The molecule has 0 spiro atoms. The Balaban J connectivity index is 1.84. The van der Waals surface area contributed by atoms with Crippen molar-refractivity contribution in [3.8, 4) is 28.1 Å². The highest BCUT2D eigenvalue weighted by Gasteiger charge is 2.38. The maximum atomic E-state index is 13.9. The summed E-state index contributed by atoms with van der Waals surface area (Å²) in [6, 6.07) is 17.2. The molecule has 3 nitrogen and oxygen atoms in total. The van der Waals surface area contributed by atoms with Gasteiger partial charge in [0.15, 0.2) is 0 Å². The molecule has 9 heteroatoms. The van der Waals surface area contributed by atoms with E-state index in [0.717, 1.165) is 11.5 Å². The van der Waals surface area contributed by atoms with Crippen molar-refractivity contribution in [3.63, 3.8) is 0 Å². The van der Waals surface area contributed by atoms with Crippen LogP contribution >= 0.6 is 0 Å². The molecular weight excluding hydrogens is 482 g/mol. The van der Waals surface area contributed by atoms with Gasteiger partial charge in [-0.05, 0) is 47.5 Å². The predicted octanol–water partition coefficient (Wildman–Crippen LogP) is 8.16. The van der Waals surface area contributed by atoms with Gasteiger partial charge in [0, 0.05) is 16.3 Å². The number of aromatic nitrogens is 2. The summed E-state index contributed by atoms with van der Waals surface area (Å²) in [5.41, 5.74) is -1.18. The van der Waals surface area contributed by atoms with Crippen LogP contribution < -0.4 is 4.74 Å². The minimum atomic E-state index is -5.03. The average Bonchev–Trinajstić information content (AvgIpc) is 2.86. The van der Waals surface area contributed by atoms with E-state index in [0.29, 0.717) is 39.4 Å². The fraction of sp³-hybridized carbons (Fsp3) is 0.111. The molecule has 0 atom stereocenters. The molecule has 0 radical (unpaired) electrons. The molecular formula is C27H16F6N2O. The number of fused-ring (bicyclic) bond motifs is 3. The summed E-state index contributed by atoms with van der Waals surface area (Å²) in [7, 11) is 1.51. The van der Waals surface area contributed by atoms with Crippen molar-refractivity contribution >= 4 is 21.8 Å². The number of para-hydroxylation sites is 1. The van der Waals surface area contributed by atoms with Crippen molar-refractivity contribution in [2.24, 2.45) is 0 Å². The van der Waals surface area contributed by atoms with E-state index in [9.17, 15) is 26.3 Å². The van der Waals surface area contributed by atoms with Gasteiger partial charge in [-0.3, -0.25) is 4.98 Å². The molecule has 182 valence electrons. The molecule has 0 aliphatic rings. The lowest BCUT2D eigenvalue weighted by Crippen LogP contribution is -2.12. The molecule has 0 bridgehead atoms. The fourth-order valence-electron chi connectivity index (χ4n) is 4.18. The number of alkyl halides is 6. The van der Waals surface area contributed by atoms with Crippen LogP contribution in [-0.2, 0) is 12.4 Å². The van der Waals surface area contributed by atoms with E-state index in [1.807, 2.05) is 18.2 Å². The second-order valence-corrected chi connectivity index (χ2v) is 8.08. The van der Waals surface area contributed by atoms with E-state index in [1.165, 1.54) is 19.4 Å². The molecule has 0 N–H and O–H groups in total. The Morgan fingerprint density at radius 2 is 1.44 bits per heavy atom. The number of benzene rings is 3. The number of hydrogen-bond acceptors (Lipinski definition) is 3. The number of halogens is 6. The van der Waals surface area contributed by atoms with Crippen molar-refractivity contribution < 1.29 is 31.1 Å². The smallest absolute Gasteiger partial charge is 0.417 e. The normalized spacial score (nSPS) is 12.3. The summed E-state index contributed by atoms with van der Waals surface area (Å²) in [4.78, 5) is 8.78. The summed E-state index contributed by atoms with van der Waals surface area (Å²) in [5, 5.41) is 1.40. The Hall–Kier alpha value is -4.14. The van der Waals surface area contributed by atoms with Crippen LogP contribution in [0.3, 0.4) is 0 Å². The lowest BCUT2D eigenvalue weighted by atomic mass is 9.94. The zero-order valence-corrected chi connectivity index (χ0v) is 18.6. The Morgan fingerprint density at radius 1 is 0.722 bits per heavy atom. The van der Waals surface area contributed by atoms with Crippen LogP contribution in [0.4, 0.5) is 26.3 Å². The van der Waals surface area contributed by atoms with Crippen LogP contribution in [0.15, 0.2) is 79.0 Å². The summed E-state index contributed by atoms with van der Waals surface area (Å²) >= 11 is 0. The number of nitrogens with zero attached hydrogens (tertiary/aromatic N) is 2. The van der Waals surface area contributed by atoms with Crippen molar-refractivity contribution in [2.75, 3.05) is 7.11 Å². The van der Waals surface area contributed by atoms with Gasteiger partial charge in [-0.25, -0.2) is 4.98 Å². The summed E-state index contributed by atoms with van der Waals surface area (Å²) < 4.78 is 86.5. The number of hydrogen-bond donors (Lipinski definition) is 0. The third-order valence-corrected chi connectivity index (χ3v) is 5.88. The van der Waals surface area contributed by atoms with E-state index in [4.69, 9.17) is 4.74 Å². The molecule has 5 aromatic rings. The molecule has 0 aliphatic carbocycles. The largest absolute Gasteiger partial charge is 0.497 e. The molecule has 0 amide bonds. The monoisotopic (exact) mass is 498 g/mol. The standard InChI is InChI=1S/C27H16F6N2O/c1-36-17-9-6-15(7-10-17)20-13-23(35-24-14-34-22-5-3-2-4-19(22)25(20)24)18-11-8-16(26(28,29)30)12-21(18)27(31,32)33/h2-14H,1H3. The maximum absolute atomic E-state index is 13.9. The first kappa shape index (κ1) is 23.6. The number of rotatable bonds is 3. The third-order valence-electron chi connectivity index (χ3n) is 5.88. The first-order valence-electron chi connectivity index (χ1n) is 10.7. The van der Waals surface area contributed by atoms with Crippen molar-refractivity contribution in [1.29, 1.82) is 0 Å². The van der Waals surface area contributed by atoms with Crippen LogP contribution in [0, 0.1) is 0 Å². The minimum Gasteiger partial charge on any atom is -0.497 e. The van der Waals surface area contributed by atoms with Crippen molar-refractivity contribution in [1.82, 2.24) is 9.97 Å². The summed E-state index contributed by atoms with van der Waals surface area (Å²) in [5.74, 6) is 0.589. The molecule has 0 saturated carbocycles. The topological polar surface area (TPSA) is 35.0 Å². The second kappa shape index (κ2) is 8.51. The van der Waals surface area contributed by atoms with Crippen LogP contribution in [-0.4, -0.2) is 17.1 Å². The van der Waals surface area contributed by atoms with Crippen molar-refractivity contribution in [2.45, 2.75) is 12.4 Å². The van der Waals surface area contributed by atoms with Gasteiger partial charge < -0.3 is 4.74 Å². The Bertz CT molecular complexity index is 1590. The molecule has 0 unspecified atom stereocenters. The van der Waals surface area contributed by atoms with Gasteiger partial charge in [0.2, 0.25) is 0 Å². The van der Waals surface area contributed by atoms with Gasteiger partial charge in [-0.2, -0.15) is 26.3 Å². The summed E-state index contributed by atoms with van der Waals surface area (Å²) in [6.45, 7) is 0. The molecule has 0 fully saturated rings. The van der Waals surface area contributed by atoms with Crippen molar-refractivity contribution in [3.05, 3.63) is 90.1 Å². The Kier molecular flexibility index (Phi) is 5.58. The third kappa shape index (κ3) is 4.21. The summed E-state index contributed by atoms with van der Waals surface area (Å²) in [6.07, 6.45) is -8.51. The van der Waals surface area contributed by atoms with Crippen LogP contribution in [0.5, 0.6) is 5.75 Å². The Morgan fingerprint density at radius 3 is 2.11 bits per heavy atom. The molecule has 0 aliphatic heterocycles. The quantitative estimate of drug-likeness (QED) is 0.186. The lowest BCUT2D eigenvalue weighted by Gasteiger charge is -2.17. The maximum Gasteiger partial charge on any atom is 0.417 e. The number of ether oxygens (including phenoxy) is 1. The van der Waals surface area contributed by atoms with Crippen LogP contribution in [0.1, 0.15) is 11.1 Å². The molecule has 2 aromatic heterocycles. The van der Waals surface area contributed by atoms with Crippen LogP contribution in [0.25, 0.3) is 44.2 Å². The number of methoxy groups -OCH3 is 1. The van der Waals surface area contributed by atoms with E-state index in [-0.39, 0.29) is 11.8 Å². The van der Waals surface area contributed by atoms with E-state index in [2.05, 4.69) is 9.97 Å². The molecule has 5 rings (SSSR count). The van der Waals surface area contributed by atoms with E-state index >= 15 is 0 Å². The lowest BCUT2D eigenvalue weighted by molar-refractivity contribution is -0.142. The molecule has 3 aromatic carbocycles. The molecule has 2 heterocycles. The molecule has 0 saturated heterocycles. The first-order valence-corrected chi connectivity index (χ1v) is 10.7. The first-order chi connectivity index (χ1) is 17.1. The SMILES string of the molecule is COc1ccc(-c2cc(-c3ccc(C(F)(F)F)cc3C(F)(F)F)nc3cnc4ccccc4c23)cc1. The van der Waals surface area contributed by atoms with E-state index in [1.54, 1.807) is 30.3 Å². The predicted molar refractivity (Wildman–Crippen MR) is 124 cm³/mol.